The van der Waals surface area contributed by atoms with Gasteiger partial charge in [-0.2, -0.15) is 5.10 Å². The van der Waals surface area contributed by atoms with Crippen molar-refractivity contribution in [2.24, 2.45) is 0 Å². The number of carbonyl (C=O) groups is 1. The van der Waals surface area contributed by atoms with E-state index < -0.39 is 6.10 Å². The minimum atomic E-state index is -0.539. The molecular formula is C20H27N3O3. The number of hydrogen-bond acceptors (Lipinski definition) is 4. The molecule has 26 heavy (non-hydrogen) atoms. The van der Waals surface area contributed by atoms with Gasteiger partial charge in [-0.15, -0.1) is 0 Å². The molecule has 0 aliphatic carbocycles. The molecule has 0 bridgehead atoms. The van der Waals surface area contributed by atoms with Crippen LogP contribution in [0.25, 0.3) is 0 Å². The van der Waals surface area contributed by atoms with Crippen LogP contribution in [0.1, 0.15) is 37.3 Å². The summed E-state index contributed by atoms with van der Waals surface area (Å²) in [6.45, 7) is 5.67. The average Bonchev–Trinajstić information content (AvgIpc) is 3.09. The van der Waals surface area contributed by atoms with Crippen molar-refractivity contribution in [2.75, 3.05) is 18.5 Å². The van der Waals surface area contributed by atoms with Gasteiger partial charge in [0.05, 0.1) is 25.5 Å². The molecule has 6 heteroatoms. The Morgan fingerprint density at radius 3 is 2.88 bits per heavy atom. The molecule has 2 atom stereocenters. The van der Waals surface area contributed by atoms with E-state index in [4.69, 9.17) is 9.47 Å². The Morgan fingerprint density at radius 1 is 1.35 bits per heavy atom. The molecule has 2 unspecified atom stereocenters. The minimum absolute atomic E-state index is 0.103. The average molecular weight is 357 g/mol. The van der Waals surface area contributed by atoms with Gasteiger partial charge < -0.3 is 14.8 Å². The third-order valence-electron chi connectivity index (χ3n) is 4.60. The summed E-state index contributed by atoms with van der Waals surface area (Å²) in [4.78, 5) is 12.4. The SMILES string of the molecule is Cc1ccc(Cn2nccc2NC(=O)C(C)OCC2CCCCO2)cc1. The van der Waals surface area contributed by atoms with Crippen LogP contribution in [0.15, 0.2) is 36.5 Å². The molecule has 2 heterocycles. The molecule has 0 spiro atoms. The molecule has 1 aromatic heterocycles. The normalized spacial score (nSPS) is 18.5. The smallest absolute Gasteiger partial charge is 0.254 e. The van der Waals surface area contributed by atoms with Crippen LogP contribution < -0.4 is 5.32 Å². The number of aromatic nitrogens is 2. The Labute approximate surface area is 154 Å². The van der Waals surface area contributed by atoms with Crippen molar-refractivity contribution in [3.63, 3.8) is 0 Å². The van der Waals surface area contributed by atoms with E-state index >= 15 is 0 Å². The van der Waals surface area contributed by atoms with Crippen molar-refractivity contribution >= 4 is 11.7 Å². The van der Waals surface area contributed by atoms with Crippen molar-refractivity contribution in [1.29, 1.82) is 0 Å². The third kappa shape index (κ3) is 5.16. The monoisotopic (exact) mass is 357 g/mol. The Bertz CT molecular complexity index is 705. The minimum Gasteiger partial charge on any atom is -0.376 e. The first-order valence-corrected chi connectivity index (χ1v) is 9.23. The van der Waals surface area contributed by atoms with Gasteiger partial charge in [0.25, 0.3) is 5.91 Å². The van der Waals surface area contributed by atoms with Gasteiger partial charge in [-0.3, -0.25) is 4.79 Å². The number of nitrogens with zero attached hydrogens (tertiary/aromatic N) is 2. The van der Waals surface area contributed by atoms with Crippen LogP contribution in [0, 0.1) is 6.92 Å². The molecule has 0 saturated carbocycles. The van der Waals surface area contributed by atoms with Crippen LogP contribution in [0.3, 0.4) is 0 Å². The maximum atomic E-state index is 12.4. The summed E-state index contributed by atoms with van der Waals surface area (Å²) < 4.78 is 13.1. The molecule has 1 saturated heterocycles. The molecule has 1 amide bonds. The molecule has 1 aromatic carbocycles. The highest BCUT2D eigenvalue weighted by Gasteiger charge is 2.19. The fourth-order valence-corrected chi connectivity index (χ4v) is 2.93. The van der Waals surface area contributed by atoms with Gasteiger partial charge in [0, 0.05) is 12.7 Å². The lowest BCUT2D eigenvalue weighted by Crippen LogP contribution is -2.33. The number of anilines is 1. The number of ether oxygens (including phenoxy) is 2. The molecule has 2 aromatic rings. The van der Waals surface area contributed by atoms with Gasteiger partial charge >= 0.3 is 0 Å². The Kier molecular flexibility index (Phi) is 6.41. The second-order valence-corrected chi connectivity index (χ2v) is 6.81. The number of benzene rings is 1. The van der Waals surface area contributed by atoms with E-state index in [1.54, 1.807) is 23.9 Å². The van der Waals surface area contributed by atoms with E-state index in [0.29, 0.717) is 19.0 Å². The van der Waals surface area contributed by atoms with Gasteiger partial charge in [0.15, 0.2) is 0 Å². The molecule has 1 N–H and O–H groups in total. The van der Waals surface area contributed by atoms with E-state index in [-0.39, 0.29) is 12.0 Å². The fraction of sp³-hybridized carbons (Fsp3) is 0.500. The van der Waals surface area contributed by atoms with E-state index in [2.05, 4.69) is 41.6 Å². The highest BCUT2D eigenvalue weighted by molar-refractivity contribution is 5.93. The van der Waals surface area contributed by atoms with Crippen molar-refractivity contribution in [2.45, 2.75) is 51.9 Å². The third-order valence-corrected chi connectivity index (χ3v) is 4.60. The Morgan fingerprint density at radius 2 is 2.15 bits per heavy atom. The molecule has 140 valence electrons. The molecule has 6 nitrogen and oxygen atoms in total. The van der Waals surface area contributed by atoms with Crippen LogP contribution in [0.5, 0.6) is 0 Å². The number of hydrogen-bond donors (Lipinski definition) is 1. The predicted molar refractivity (Wildman–Crippen MR) is 100 cm³/mol. The summed E-state index contributed by atoms with van der Waals surface area (Å²) in [6, 6.07) is 10.1. The maximum Gasteiger partial charge on any atom is 0.254 e. The van der Waals surface area contributed by atoms with Gasteiger partial charge in [-0.25, -0.2) is 4.68 Å². The number of nitrogens with one attached hydrogen (secondary N) is 1. The van der Waals surface area contributed by atoms with E-state index in [0.717, 1.165) is 31.4 Å². The molecule has 3 rings (SSSR count). The predicted octanol–water partition coefficient (Wildman–Crippen LogP) is 3.15. The first-order chi connectivity index (χ1) is 12.6. The molecule has 1 aliphatic rings. The maximum absolute atomic E-state index is 12.4. The van der Waals surface area contributed by atoms with Crippen molar-refractivity contribution < 1.29 is 14.3 Å². The van der Waals surface area contributed by atoms with Crippen LogP contribution in [-0.2, 0) is 20.8 Å². The lowest BCUT2D eigenvalue weighted by atomic mass is 10.1. The number of carbonyl (C=O) groups excluding carboxylic acids is 1. The summed E-state index contributed by atoms with van der Waals surface area (Å²) in [5, 5.41) is 7.21. The quantitative estimate of drug-likeness (QED) is 0.827. The topological polar surface area (TPSA) is 65.4 Å². The Hall–Kier alpha value is -2.18. The van der Waals surface area contributed by atoms with Gasteiger partial charge in [0.2, 0.25) is 0 Å². The standard InChI is InChI=1S/C20H27N3O3/c1-15-6-8-17(9-7-15)13-23-19(10-11-21-23)22-20(24)16(2)26-14-18-5-3-4-12-25-18/h6-11,16,18H,3-5,12-14H2,1-2H3,(H,22,24). The zero-order valence-electron chi connectivity index (χ0n) is 15.5. The lowest BCUT2D eigenvalue weighted by Gasteiger charge is -2.24. The van der Waals surface area contributed by atoms with Crippen LogP contribution >= 0.6 is 0 Å². The van der Waals surface area contributed by atoms with Crippen molar-refractivity contribution in [1.82, 2.24) is 9.78 Å². The van der Waals surface area contributed by atoms with Gasteiger partial charge in [-0.1, -0.05) is 29.8 Å². The summed E-state index contributed by atoms with van der Waals surface area (Å²) in [6.07, 6.45) is 4.52. The first-order valence-electron chi connectivity index (χ1n) is 9.23. The summed E-state index contributed by atoms with van der Waals surface area (Å²) >= 11 is 0. The van der Waals surface area contributed by atoms with Crippen LogP contribution in [-0.4, -0.2) is 41.1 Å². The number of aryl methyl sites for hydroxylation is 1. The summed E-state index contributed by atoms with van der Waals surface area (Å²) in [5.41, 5.74) is 2.35. The van der Waals surface area contributed by atoms with E-state index in [1.807, 2.05) is 0 Å². The lowest BCUT2D eigenvalue weighted by molar-refractivity contribution is -0.130. The number of rotatable bonds is 7. The molecular weight excluding hydrogens is 330 g/mol. The van der Waals surface area contributed by atoms with Crippen LogP contribution in [0.4, 0.5) is 5.82 Å². The molecule has 0 radical (unpaired) electrons. The van der Waals surface area contributed by atoms with Crippen molar-refractivity contribution in [3.8, 4) is 0 Å². The summed E-state index contributed by atoms with van der Waals surface area (Å²) in [7, 11) is 0. The second kappa shape index (κ2) is 8.96. The van der Waals surface area contributed by atoms with Gasteiger partial charge in [0.1, 0.15) is 11.9 Å². The highest BCUT2D eigenvalue weighted by Crippen LogP contribution is 2.15. The zero-order chi connectivity index (χ0) is 18.4. The molecule has 1 aliphatic heterocycles. The van der Waals surface area contributed by atoms with Crippen LogP contribution in [0.2, 0.25) is 0 Å². The van der Waals surface area contributed by atoms with Crippen molar-refractivity contribution in [3.05, 3.63) is 47.7 Å². The highest BCUT2D eigenvalue weighted by atomic mass is 16.5. The second-order valence-electron chi connectivity index (χ2n) is 6.81. The van der Waals surface area contributed by atoms with Gasteiger partial charge in [-0.05, 0) is 38.7 Å². The van der Waals surface area contributed by atoms with E-state index in [1.165, 1.54) is 5.56 Å². The Balaban J connectivity index is 1.52. The summed E-state index contributed by atoms with van der Waals surface area (Å²) in [5.74, 6) is 0.492. The van der Waals surface area contributed by atoms with E-state index in [9.17, 15) is 4.79 Å². The largest absolute Gasteiger partial charge is 0.376 e. The zero-order valence-corrected chi connectivity index (χ0v) is 15.5. The number of amides is 1. The first kappa shape index (κ1) is 18.6. The fourth-order valence-electron chi connectivity index (χ4n) is 2.93. The molecule has 1 fully saturated rings.